The number of Topliss-reactive ketones (excluding diaryl/α,β-unsaturated/α-hetero) is 1. The van der Waals surface area contributed by atoms with Gasteiger partial charge in [0.05, 0.1) is 0 Å². The summed E-state index contributed by atoms with van der Waals surface area (Å²) in [4.78, 5) is 11.6. The fourth-order valence-corrected chi connectivity index (χ4v) is 1.25. The van der Waals surface area contributed by atoms with Gasteiger partial charge in [0, 0.05) is 11.8 Å². The molecule has 1 nitrogen and oxygen atoms in total. The summed E-state index contributed by atoms with van der Waals surface area (Å²) in [5, 5.41) is 0. The van der Waals surface area contributed by atoms with Crippen LogP contribution in [0.3, 0.4) is 0 Å². The smallest absolute Gasteiger partial charge is 0.142 e. The van der Waals surface area contributed by atoms with Crippen LogP contribution in [0.4, 0.5) is 0 Å². The Labute approximate surface area is 79.8 Å². The van der Waals surface area contributed by atoms with E-state index in [2.05, 4.69) is 6.92 Å². The maximum atomic E-state index is 11.6. The Morgan fingerprint density at radius 2 is 1.77 bits per heavy atom. The SMILES string of the molecule is [CH2]C(C(=O)C(C)C)c1ccccc1. The van der Waals surface area contributed by atoms with Crippen molar-refractivity contribution < 1.29 is 4.79 Å². The van der Waals surface area contributed by atoms with Crippen molar-refractivity contribution in [1.29, 1.82) is 0 Å². The summed E-state index contributed by atoms with van der Waals surface area (Å²) < 4.78 is 0. The highest BCUT2D eigenvalue weighted by atomic mass is 16.1. The Bertz CT molecular complexity index is 274. The van der Waals surface area contributed by atoms with Gasteiger partial charge >= 0.3 is 0 Å². The average Bonchev–Trinajstić information content (AvgIpc) is 2.17. The first-order valence-corrected chi connectivity index (χ1v) is 4.54. The summed E-state index contributed by atoms with van der Waals surface area (Å²) in [6.07, 6.45) is 0. The molecule has 1 aromatic carbocycles. The second kappa shape index (κ2) is 4.22. The van der Waals surface area contributed by atoms with Crippen LogP contribution in [0.1, 0.15) is 25.3 Å². The number of hydrogen-bond acceptors (Lipinski definition) is 1. The molecule has 1 atom stereocenters. The molecule has 69 valence electrons. The van der Waals surface area contributed by atoms with Gasteiger partial charge in [-0.1, -0.05) is 44.2 Å². The fraction of sp³-hybridized carbons (Fsp3) is 0.333. The van der Waals surface area contributed by atoms with E-state index in [1.54, 1.807) is 0 Å². The minimum absolute atomic E-state index is 0.0581. The van der Waals surface area contributed by atoms with Crippen LogP contribution in [-0.4, -0.2) is 5.78 Å². The number of carbonyl (C=O) groups is 1. The maximum absolute atomic E-state index is 11.6. The lowest BCUT2D eigenvalue weighted by atomic mass is 9.91. The summed E-state index contributed by atoms with van der Waals surface area (Å²) in [7, 11) is 0. The van der Waals surface area contributed by atoms with Gasteiger partial charge in [-0.3, -0.25) is 4.79 Å². The minimum atomic E-state index is -0.221. The van der Waals surface area contributed by atoms with Crippen molar-refractivity contribution in [2.24, 2.45) is 5.92 Å². The molecule has 0 heterocycles. The van der Waals surface area contributed by atoms with E-state index in [0.717, 1.165) is 5.56 Å². The highest BCUT2D eigenvalue weighted by molar-refractivity contribution is 5.87. The number of carbonyl (C=O) groups excluding carboxylic acids is 1. The standard InChI is InChI=1S/C12H15O/c1-9(2)12(13)10(3)11-7-5-4-6-8-11/h4-10H,3H2,1-2H3. The van der Waals surface area contributed by atoms with Gasteiger partial charge in [0.1, 0.15) is 5.78 Å². The Kier molecular flexibility index (Phi) is 3.24. The largest absolute Gasteiger partial charge is 0.299 e. The van der Waals surface area contributed by atoms with E-state index >= 15 is 0 Å². The van der Waals surface area contributed by atoms with E-state index in [1.165, 1.54) is 0 Å². The van der Waals surface area contributed by atoms with Crippen LogP contribution in [0, 0.1) is 12.8 Å². The monoisotopic (exact) mass is 175 g/mol. The van der Waals surface area contributed by atoms with Crippen molar-refractivity contribution in [3.63, 3.8) is 0 Å². The molecule has 0 aliphatic rings. The van der Waals surface area contributed by atoms with Crippen molar-refractivity contribution in [3.05, 3.63) is 42.8 Å². The summed E-state index contributed by atoms with van der Waals surface area (Å²) >= 11 is 0. The third-order valence-electron chi connectivity index (χ3n) is 2.11. The third-order valence-corrected chi connectivity index (χ3v) is 2.11. The molecule has 0 N–H and O–H groups in total. The van der Waals surface area contributed by atoms with E-state index in [-0.39, 0.29) is 17.6 Å². The molecule has 1 aromatic rings. The number of ketones is 1. The molecule has 0 saturated carbocycles. The van der Waals surface area contributed by atoms with Gasteiger partial charge in [-0.15, -0.1) is 0 Å². The molecule has 1 radical (unpaired) electrons. The topological polar surface area (TPSA) is 17.1 Å². The summed E-state index contributed by atoms with van der Waals surface area (Å²) in [6, 6.07) is 9.69. The zero-order valence-corrected chi connectivity index (χ0v) is 8.16. The molecule has 1 rings (SSSR count). The molecule has 1 heteroatoms. The molecule has 0 spiro atoms. The molecule has 0 fully saturated rings. The normalized spacial score (nSPS) is 12.9. The van der Waals surface area contributed by atoms with E-state index in [4.69, 9.17) is 0 Å². The van der Waals surface area contributed by atoms with Crippen LogP contribution in [0.5, 0.6) is 0 Å². The van der Waals surface area contributed by atoms with E-state index in [1.807, 2.05) is 44.2 Å². The Morgan fingerprint density at radius 3 is 2.23 bits per heavy atom. The van der Waals surface area contributed by atoms with Gasteiger partial charge in [-0.05, 0) is 12.5 Å². The molecule has 0 bridgehead atoms. The van der Waals surface area contributed by atoms with Gasteiger partial charge < -0.3 is 0 Å². The van der Waals surface area contributed by atoms with Crippen LogP contribution >= 0.6 is 0 Å². The molecule has 0 aliphatic heterocycles. The first-order chi connectivity index (χ1) is 6.13. The van der Waals surface area contributed by atoms with E-state index in [9.17, 15) is 4.79 Å². The Morgan fingerprint density at radius 1 is 1.23 bits per heavy atom. The third kappa shape index (κ3) is 2.41. The van der Waals surface area contributed by atoms with Crippen LogP contribution in [-0.2, 0) is 4.79 Å². The van der Waals surface area contributed by atoms with Gasteiger partial charge in [0.15, 0.2) is 0 Å². The van der Waals surface area contributed by atoms with Crippen LogP contribution in [0.25, 0.3) is 0 Å². The first kappa shape index (κ1) is 9.97. The van der Waals surface area contributed by atoms with Crippen molar-refractivity contribution in [2.75, 3.05) is 0 Å². The molecule has 0 aliphatic carbocycles. The number of rotatable bonds is 3. The zero-order valence-electron chi connectivity index (χ0n) is 8.16. The Hall–Kier alpha value is -1.11. The lowest BCUT2D eigenvalue weighted by Crippen LogP contribution is -2.15. The maximum Gasteiger partial charge on any atom is 0.142 e. The molecular weight excluding hydrogens is 160 g/mol. The van der Waals surface area contributed by atoms with Crippen molar-refractivity contribution >= 4 is 5.78 Å². The van der Waals surface area contributed by atoms with Crippen LogP contribution in [0.2, 0.25) is 0 Å². The molecule has 1 unspecified atom stereocenters. The van der Waals surface area contributed by atoms with Gasteiger partial charge in [-0.2, -0.15) is 0 Å². The quantitative estimate of drug-likeness (QED) is 0.690. The van der Waals surface area contributed by atoms with Crippen molar-refractivity contribution in [3.8, 4) is 0 Å². The van der Waals surface area contributed by atoms with Crippen LogP contribution < -0.4 is 0 Å². The van der Waals surface area contributed by atoms with Crippen LogP contribution in [0.15, 0.2) is 30.3 Å². The van der Waals surface area contributed by atoms with Gasteiger partial charge in [0.25, 0.3) is 0 Å². The zero-order chi connectivity index (χ0) is 9.84. The number of benzene rings is 1. The highest BCUT2D eigenvalue weighted by Crippen LogP contribution is 2.18. The van der Waals surface area contributed by atoms with Gasteiger partial charge in [-0.25, -0.2) is 0 Å². The van der Waals surface area contributed by atoms with E-state index in [0.29, 0.717) is 0 Å². The molecule has 0 amide bonds. The van der Waals surface area contributed by atoms with Gasteiger partial charge in [0.2, 0.25) is 0 Å². The van der Waals surface area contributed by atoms with Crippen molar-refractivity contribution in [2.45, 2.75) is 19.8 Å². The average molecular weight is 175 g/mol. The summed E-state index contributed by atoms with van der Waals surface area (Å²) in [5.41, 5.74) is 1.00. The second-order valence-electron chi connectivity index (χ2n) is 3.52. The van der Waals surface area contributed by atoms with E-state index < -0.39 is 0 Å². The number of hydrogen-bond donors (Lipinski definition) is 0. The molecule has 0 aromatic heterocycles. The first-order valence-electron chi connectivity index (χ1n) is 4.54. The predicted octanol–water partition coefficient (Wildman–Crippen LogP) is 2.83. The molecular formula is C12H15O. The second-order valence-corrected chi connectivity index (χ2v) is 3.52. The van der Waals surface area contributed by atoms with Crippen molar-refractivity contribution in [1.82, 2.24) is 0 Å². The molecule has 13 heavy (non-hydrogen) atoms. The summed E-state index contributed by atoms with van der Waals surface area (Å²) in [5.74, 6) is 0.0371. The summed E-state index contributed by atoms with van der Waals surface area (Å²) in [6.45, 7) is 7.69. The lowest BCUT2D eigenvalue weighted by molar-refractivity contribution is -0.122. The molecule has 0 saturated heterocycles. The fourth-order valence-electron chi connectivity index (χ4n) is 1.25. The Balaban J connectivity index is 2.80. The minimum Gasteiger partial charge on any atom is -0.299 e. The lowest BCUT2D eigenvalue weighted by Gasteiger charge is -2.12. The predicted molar refractivity (Wildman–Crippen MR) is 54.4 cm³/mol. The highest BCUT2D eigenvalue weighted by Gasteiger charge is 2.17.